The van der Waals surface area contributed by atoms with Crippen molar-refractivity contribution in [2.24, 2.45) is 0 Å². The van der Waals surface area contributed by atoms with Crippen molar-refractivity contribution in [3.05, 3.63) is 48.2 Å². The number of carboxylic acid groups (broad SMARTS) is 1. The van der Waals surface area contributed by atoms with Crippen molar-refractivity contribution < 1.29 is 14.6 Å². The summed E-state index contributed by atoms with van der Waals surface area (Å²) in [5.41, 5.74) is 1.87. The molecule has 0 amide bonds. The maximum absolute atomic E-state index is 10.8. The van der Waals surface area contributed by atoms with Crippen LogP contribution in [0.1, 0.15) is 30.1 Å². The van der Waals surface area contributed by atoms with E-state index in [9.17, 15) is 4.79 Å². The quantitative estimate of drug-likeness (QED) is 0.815. The lowest BCUT2D eigenvalue weighted by Crippen LogP contribution is -1.97. The number of hydrogen-bond acceptors (Lipinski definition) is 3. The van der Waals surface area contributed by atoms with Gasteiger partial charge in [0.25, 0.3) is 0 Å². The Morgan fingerprint density at radius 2 is 1.95 bits per heavy atom. The van der Waals surface area contributed by atoms with Gasteiger partial charge in [-0.3, -0.25) is 4.98 Å². The highest BCUT2D eigenvalue weighted by Crippen LogP contribution is 2.21. The summed E-state index contributed by atoms with van der Waals surface area (Å²) in [4.78, 5) is 14.9. The molecule has 0 atom stereocenters. The molecule has 0 radical (unpaired) electrons. The van der Waals surface area contributed by atoms with Crippen LogP contribution in [0, 0.1) is 0 Å². The zero-order chi connectivity index (χ0) is 14.4. The van der Waals surface area contributed by atoms with Crippen molar-refractivity contribution in [2.45, 2.75) is 19.8 Å². The molecule has 2 aromatic rings. The van der Waals surface area contributed by atoms with Crippen molar-refractivity contribution in [1.29, 1.82) is 0 Å². The molecule has 20 heavy (non-hydrogen) atoms. The number of pyridine rings is 1. The van der Waals surface area contributed by atoms with E-state index in [-0.39, 0.29) is 5.56 Å². The average Bonchev–Trinajstić information content (AvgIpc) is 2.48. The van der Waals surface area contributed by atoms with E-state index in [0.29, 0.717) is 0 Å². The second-order valence-corrected chi connectivity index (χ2v) is 4.46. The highest BCUT2D eigenvalue weighted by Gasteiger charge is 2.04. The Morgan fingerprint density at radius 3 is 2.50 bits per heavy atom. The monoisotopic (exact) mass is 271 g/mol. The molecule has 0 spiro atoms. The van der Waals surface area contributed by atoms with Crippen LogP contribution in [0.3, 0.4) is 0 Å². The van der Waals surface area contributed by atoms with Crippen molar-refractivity contribution >= 4 is 5.97 Å². The van der Waals surface area contributed by atoms with Crippen LogP contribution in [-0.4, -0.2) is 22.7 Å². The van der Waals surface area contributed by atoms with Gasteiger partial charge >= 0.3 is 5.97 Å². The van der Waals surface area contributed by atoms with Crippen LogP contribution in [0.15, 0.2) is 42.6 Å². The molecule has 0 saturated heterocycles. The number of hydrogen-bond donors (Lipinski definition) is 1. The third kappa shape index (κ3) is 3.57. The first-order valence-electron chi connectivity index (χ1n) is 6.63. The highest BCUT2D eigenvalue weighted by molar-refractivity contribution is 5.87. The lowest BCUT2D eigenvalue weighted by atomic mass is 10.1. The molecule has 4 heteroatoms. The number of ether oxygens (including phenoxy) is 1. The Bertz CT molecular complexity index is 561. The summed E-state index contributed by atoms with van der Waals surface area (Å²) in [6.45, 7) is 2.85. The van der Waals surface area contributed by atoms with Crippen LogP contribution >= 0.6 is 0 Å². The van der Waals surface area contributed by atoms with Gasteiger partial charge in [0.2, 0.25) is 0 Å². The van der Waals surface area contributed by atoms with Crippen molar-refractivity contribution in [3.63, 3.8) is 0 Å². The minimum atomic E-state index is -0.969. The molecule has 4 nitrogen and oxygen atoms in total. The zero-order valence-electron chi connectivity index (χ0n) is 11.4. The van der Waals surface area contributed by atoms with Gasteiger partial charge in [-0.15, -0.1) is 0 Å². The largest absolute Gasteiger partial charge is 0.494 e. The lowest BCUT2D eigenvalue weighted by molar-refractivity contribution is 0.0696. The number of unbranched alkanes of at least 4 members (excludes halogenated alkanes) is 1. The van der Waals surface area contributed by atoms with E-state index < -0.39 is 5.97 Å². The smallest absolute Gasteiger partial charge is 0.337 e. The van der Waals surface area contributed by atoms with Crippen molar-refractivity contribution in [2.75, 3.05) is 6.61 Å². The normalized spacial score (nSPS) is 10.2. The van der Waals surface area contributed by atoms with Gasteiger partial charge in [-0.25, -0.2) is 4.79 Å². The molecule has 0 unspecified atom stereocenters. The van der Waals surface area contributed by atoms with Gasteiger partial charge in [0.1, 0.15) is 5.75 Å². The van der Waals surface area contributed by atoms with Crippen molar-refractivity contribution in [3.8, 4) is 17.0 Å². The summed E-state index contributed by atoms with van der Waals surface area (Å²) in [5, 5.41) is 8.83. The predicted octanol–water partition coefficient (Wildman–Crippen LogP) is 3.63. The number of rotatable bonds is 6. The van der Waals surface area contributed by atoms with Gasteiger partial charge in [0, 0.05) is 11.8 Å². The standard InChI is InChI=1S/C16H17NO3/c1-2-3-10-20-14-7-4-12(5-8-14)15-9-6-13(11-17-15)16(18)19/h4-9,11H,2-3,10H2,1H3,(H,18,19). The van der Waals surface area contributed by atoms with Gasteiger partial charge in [0.15, 0.2) is 0 Å². The maximum Gasteiger partial charge on any atom is 0.337 e. The predicted molar refractivity (Wildman–Crippen MR) is 77.0 cm³/mol. The van der Waals surface area contributed by atoms with Gasteiger partial charge in [-0.1, -0.05) is 13.3 Å². The molecule has 0 aliphatic heterocycles. The SMILES string of the molecule is CCCCOc1ccc(-c2ccc(C(=O)O)cn2)cc1. The van der Waals surface area contributed by atoms with Gasteiger partial charge in [0.05, 0.1) is 17.9 Å². The molecule has 0 saturated carbocycles. The molecule has 1 N–H and O–H groups in total. The van der Waals surface area contributed by atoms with Crippen LogP contribution in [0.5, 0.6) is 5.75 Å². The fraction of sp³-hybridized carbons (Fsp3) is 0.250. The van der Waals surface area contributed by atoms with Crippen LogP contribution < -0.4 is 4.74 Å². The van der Waals surface area contributed by atoms with Crippen LogP contribution in [0.4, 0.5) is 0 Å². The Balaban J connectivity index is 2.07. The van der Waals surface area contributed by atoms with Gasteiger partial charge < -0.3 is 9.84 Å². The summed E-state index contributed by atoms with van der Waals surface area (Å²) in [5.74, 6) is -0.131. The molecule has 1 aromatic carbocycles. The molecule has 0 bridgehead atoms. The molecular weight excluding hydrogens is 254 g/mol. The first kappa shape index (κ1) is 14.1. The molecule has 1 heterocycles. The van der Waals surface area contributed by atoms with Gasteiger partial charge in [-0.05, 0) is 42.8 Å². The average molecular weight is 271 g/mol. The summed E-state index contributed by atoms with van der Waals surface area (Å²) >= 11 is 0. The number of aromatic carboxylic acids is 1. The number of aromatic nitrogens is 1. The molecule has 0 aliphatic rings. The molecule has 104 valence electrons. The Hall–Kier alpha value is -2.36. The topological polar surface area (TPSA) is 59.4 Å². The number of benzene rings is 1. The molecule has 0 fully saturated rings. The highest BCUT2D eigenvalue weighted by atomic mass is 16.5. The second-order valence-electron chi connectivity index (χ2n) is 4.46. The lowest BCUT2D eigenvalue weighted by Gasteiger charge is -2.06. The van der Waals surface area contributed by atoms with E-state index >= 15 is 0 Å². The Morgan fingerprint density at radius 1 is 1.20 bits per heavy atom. The van der Waals surface area contributed by atoms with Crippen LogP contribution in [-0.2, 0) is 0 Å². The first-order valence-corrected chi connectivity index (χ1v) is 6.63. The fourth-order valence-corrected chi connectivity index (χ4v) is 1.75. The van der Waals surface area contributed by atoms with Gasteiger partial charge in [-0.2, -0.15) is 0 Å². The summed E-state index contributed by atoms with van der Waals surface area (Å²) in [6, 6.07) is 10.9. The van der Waals surface area contributed by atoms with E-state index in [1.807, 2.05) is 24.3 Å². The maximum atomic E-state index is 10.8. The van der Waals surface area contributed by atoms with E-state index in [1.165, 1.54) is 6.20 Å². The Labute approximate surface area is 118 Å². The van der Waals surface area contributed by atoms with Crippen LogP contribution in [0.25, 0.3) is 11.3 Å². The Kier molecular flexibility index (Phi) is 4.71. The van der Waals surface area contributed by atoms with E-state index in [4.69, 9.17) is 9.84 Å². The summed E-state index contributed by atoms with van der Waals surface area (Å²) in [7, 11) is 0. The van der Waals surface area contributed by atoms with E-state index in [0.717, 1.165) is 36.5 Å². The molecule has 0 aliphatic carbocycles. The van der Waals surface area contributed by atoms with Crippen molar-refractivity contribution in [1.82, 2.24) is 4.98 Å². The number of nitrogens with zero attached hydrogens (tertiary/aromatic N) is 1. The van der Waals surface area contributed by atoms with Crippen LogP contribution in [0.2, 0.25) is 0 Å². The zero-order valence-corrected chi connectivity index (χ0v) is 11.4. The first-order chi connectivity index (χ1) is 9.70. The summed E-state index contributed by atoms with van der Waals surface area (Å²) < 4.78 is 5.59. The number of carbonyl (C=O) groups is 1. The molecule has 1 aromatic heterocycles. The van der Waals surface area contributed by atoms with E-state index in [2.05, 4.69) is 11.9 Å². The van der Waals surface area contributed by atoms with E-state index in [1.54, 1.807) is 12.1 Å². The fourth-order valence-electron chi connectivity index (χ4n) is 1.75. The summed E-state index contributed by atoms with van der Waals surface area (Å²) in [6.07, 6.45) is 3.52. The molecular formula is C16H17NO3. The second kappa shape index (κ2) is 6.70. The minimum Gasteiger partial charge on any atom is -0.494 e. The number of carboxylic acids is 1. The minimum absolute atomic E-state index is 0.188. The third-order valence-corrected chi connectivity index (χ3v) is 2.93. The third-order valence-electron chi connectivity index (χ3n) is 2.93. The molecule has 2 rings (SSSR count).